The topological polar surface area (TPSA) is 38.8 Å². The van der Waals surface area contributed by atoms with E-state index in [0.717, 1.165) is 30.9 Å². The Morgan fingerprint density at radius 2 is 1.91 bits per heavy atom. The number of carbonyl (C=O) groups is 1. The maximum Gasteiger partial charge on any atom is 0.161 e. The van der Waals surface area contributed by atoms with E-state index in [9.17, 15) is 4.79 Å². The van der Waals surface area contributed by atoms with Gasteiger partial charge >= 0.3 is 0 Å². The normalized spacial score (nSPS) is 21.2. The lowest BCUT2D eigenvalue weighted by Crippen LogP contribution is -2.32. The second kappa shape index (κ2) is 6.97. The summed E-state index contributed by atoms with van der Waals surface area (Å²) in [6, 6.07) is 6.06. The van der Waals surface area contributed by atoms with Crippen molar-refractivity contribution in [1.29, 1.82) is 0 Å². The van der Waals surface area contributed by atoms with Crippen LogP contribution in [-0.4, -0.2) is 45.5 Å². The summed E-state index contributed by atoms with van der Waals surface area (Å²) >= 11 is 0. The second-order valence-electron chi connectivity index (χ2n) is 6.08. The van der Waals surface area contributed by atoms with E-state index < -0.39 is 0 Å². The van der Waals surface area contributed by atoms with Crippen molar-refractivity contribution in [3.05, 3.63) is 35.9 Å². The molecule has 0 radical (unpaired) electrons. The molecule has 0 aliphatic heterocycles. The Hall–Kier alpha value is -1.81. The average Bonchev–Trinajstić information content (AvgIpc) is 2.54. The number of hydrogen-bond acceptors (Lipinski definition) is 4. The van der Waals surface area contributed by atoms with Crippen molar-refractivity contribution in [2.75, 3.05) is 34.9 Å². The number of ether oxygens (including phenoxy) is 2. The summed E-state index contributed by atoms with van der Waals surface area (Å²) in [7, 11) is 7.42. The summed E-state index contributed by atoms with van der Waals surface area (Å²) < 4.78 is 10.8. The van der Waals surface area contributed by atoms with Crippen molar-refractivity contribution >= 4 is 5.78 Å². The molecule has 1 aliphatic carbocycles. The molecule has 0 unspecified atom stereocenters. The van der Waals surface area contributed by atoms with Gasteiger partial charge in [0.25, 0.3) is 0 Å². The van der Waals surface area contributed by atoms with Gasteiger partial charge in [0.05, 0.1) is 14.2 Å². The third-order valence-corrected chi connectivity index (χ3v) is 4.37. The fourth-order valence-electron chi connectivity index (χ4n) is 2.93. The van der Waals surface area contributed by atoms with Crippen molar-refractivity contribution in [2.45, 2.75) is 24.7 Å². The Kier molecular flexibility index (Phi) is 5.24. The van der Waals surface area contributed by atoms with Crippen molar-refractivity contribution in [3.8, 4) is 11.5 Å². The molecule has 1 atom stereocenters. The van der Waals surface area contributed by atoms with Crippen molar-refractivity contribution in [2.24, 2.45) is 0 Å². The zero-order valence-corrected chi connectivity index (χ0v) is 13.9. The largest absolute Gasteiger partial charge is 0.493 e. The van der Waals surface area contributed by atoms with Crippen molar-refractivity contribution in [1.82, 2.24) is 4.90 Å². The molecule has 22 heavy (non-hydrogen) atoms. The van der Waals surface area contributed by atoms with Crippen LogP contribution in [0.25, 0.3) is 0 Å². The van der Waals surface area contributed by atoms with Crippen LogP contribution in [0.15, 0.2) is 30.4 Å². The molecule has 0 saturated heterocycles. The third kappa shape index (κ3) is 3.50. The molecule has 1 aromatic carbocycles. The van der Waals surface area contributed by atoms with Gasteiger partial charge in [-0.2, -0.15) is 0 Å². The monoisotopic (exact) mass is 303 g/mol. The number of methoxy groups -OCH3 is 2. The van der Waals surface area contributed by atoms with Gasteiger partial charge in [0.15, 0.2) is 17.3 Å². The van der Waals surface area contributed by atoms with Crippen LogP contribution < -0.4 is 9.47 Å². The van der Waals surface area contributed by atoms with E-state index in [1.165, 1.54) is 5.56 Å². The molecule has 4 heteroatoms. The molecular weight excluding hydrogens is 278 g/mol. The third-order valence-electron chi connectivity index (χ3n) is 4.37. The molecule has 0 saturated carbocycles. The van der Waals surface area contributed by atoms with E-state index in [0.29, 0.717) is 6.42 Å². The lowest BCUT2D eigenvalue weighted by atomic mass is 9.71. The first-order valence-corrected chi connectivity index (χ1v) is 7.60. The molecule has 0 N–H and O–H groups in total. The molecule has 0 aromatic heterocycles. The van der Waals surface area contributed by atoms with Crippen molar-refractivity contribution < 1.29 is 14.3 Å². The number of allylic oxidation sites excluding steroid dienone is 2. The smallest absolute Gasteiger partial charge is 0.161 e. The molecular formula is C18H25NO3. The Morgan fingerprint density at radius 1 is 1.18 bits per heavy atom. The number of rotatable bonds is 6. The van der Waals surface area contributed by atoms with E-state index in [4.69, 9.17) is 9.47 Å². The maximum atomic E-state index is 11.6. The summed E-state index contributed by atoms with van der Waals surface area (Å²) in [5.74, 6) is 1.67. The van der Waals surface area contributed by atoms with Gasteiger partial charge in [-0.3, -0.25) is 4.79 Å². The Bertz CT molecular complexity index is 565. The zero-order valence-electron chi connectivity index (χ0n) is 13.9. The highest BCUT2D eigenvalue weighted by molar-refractivity contribution is 5.91. The molecule has 0 bridgehead atoms. The van der Waals surface area contributed by atoms with Crippen LogP contribution in [0.3, 0.4) is 0 Å². The molecule has 2 rings (SSSR count). The van der Waals surface area contributed by atoms with Crippen LogP contribution in [0, 0.1) is 0 Å². The quantitative estimate of drug-likeness (QED) is 0.810. The van der Waals surface area contributed by atoms with Crippen LogP contribution in [-0.2, 0) is 10.2 Å². The summed E-state index contributed by atoms with van der Waals surface area (Å²) in [4.78, 5) is 13.8. The minimum Gasteiger partial charge on any atom is -0.493 e. The van der Waals surface area contributed by atoms with Gasteiger partial charge in [-0.25, -0.2) is 0 Å². The van der Waals surface area contributed by atoms with Crippen LogP contribution in [0.2, 0.25) is 0 Å². The van der Waals surface area contributed by atoms with Gasteiger partial charge in [0, 0.05) is 11.8 Å². The lowest BCUT2D eigenvalue weighted by molar-refractivity contribution is -0.115. The van der Waals surface area contributed by atoms with Crippen LogP contribution in [0.4, 0.5) is 0 Å². The molecule has 120 valence electrons. The van der Waals surface area contributed by atoms with E-state index in [2.05, 4.69) is 31.1 Å². The predicted octanol–water partition coefficient (Wildman–Crippen LogP) is 2.81. The molecule has 1 aliphatic rings. The van der Waals surface area contributed by atoms with E-state index >= 15 is 0 Å². The van der Waals surface area contributed by atoms with Gasteiger partial charge in [0.1, 0.15) is 0 Å². The van der Waals surface area contributed by atoms with Gasteiger partial charge < -0.3 is 14.4 Å². The van der Waals surface area contributed by atoms with Gasteiger partial charge in [-0.05, 0) is 57.3 Å². The maximum absolute atomic E-state index is 11.6. The van der Waals surface area contributed by atoms with E-state index in [1.807, 2.05) is 12.1 Å². The number of hydrogen-bond donors (Lipinski definition) is 0. The fraction of sp³-hybridized carbons (Fsp3) is 0.500. The lowest BCUT2D eigenvalue weighted by Gasteiger charge is -2.35. The molecule has 0 fully saturated rings. The zero-order chi connectivity index (χ0) is 16.2. The van der Waals surface area contributed by atoms with Crippen molar-refractivity contribution in [3.63, 3.8) is 0 Å². The number of carbonyl (C=O) groups excluding carboxylic acids is 1. The summed E-state index contributed by atoms with van der Waals surface area (Å²) in [6.07, 6.45) is 6.21. The first-order valence-electron chi connectivity index (χ1n) is 7.60. The van der Waals surface area contributed by atoms with Crippen LogP contribution in [0.5, 0.6) is 11.5 Å². The van der Waals surface area contributed by atoms with Crippen LogP contribution in [0.1, 0.15) is 24.8 Å². The number of nitrogens with zero attached hydrogens (tertiary/aromatic N) is 1. The molecule has 0 heterocycles. The molecule has 4 nitrogen and oxygen atoms in total. The minimum atomic E-state index is -0.113. The summed E-state index contributed by atoms with van der Waals surface area (Å²) in [5, 5.41) is 0. The first-order chi connectivity index (χ1) is 10.5. The van der Waals surface area contributed by atoms with E-state index in [1.54, 1.807) is 20.3 Å². The van der Waals surface area contributed by atoms with Gasteiger partial charge in [-0.15, -0.1) is 0 Å². The fourth-order valence-corrected chi connectivity index (χ4v) is 2.93. The highest BCUT2D eigenvalue weighted by Gasteiger charge is 2.33. The van der Waals surface area contributed by atoms with E-state index in [-0.39, 0.29) is 11.2 Å². The Balaban J connectivity index is 2.40. The SMILES string of the molecule is COc1ccc([C@@]2(CCN(C)C)C=CC(=O)CC2)cc1OC. The number of ketones is 1. The summed E-state index contributed by atoms with van der Waals surface area (Å²) in [6.45, 7) is 0.965. The summed E-state index contributed by atoms with van der Waals surface area (Å²) in [5.41, 5.74) is 1.06. The highest BCUT2D eigenvalue weighted by atomic mass is 16.5. The van der Waals surface area contributed by atoms with Crippen LogP contribution >= 0.6 is 0 Å². The standard InChI is InChI=1S/C18H25NO3/c1-19(2)12-11-18(9-7-15(20)8-10-18)14-5-6-16(21-3)17(13-14)22-4/h5-7,9,13H,8,10-12H2,1-4H3/t18-/m0/s1. The average molecular weight is 303 g/mol. The second-order valence-corrected chi connectivity index (χ2v) is 6.08. The Morgan fingerprint density at radius 3 is 2.45 bits per heavy atom. The minimum absolute atomic E-state index is 0.113. The molecule has 0 spiro atoms. The predicted molar refractivity (Wildman–Crippen MR) is 87.8 cm³/mol. The highest BCUT2D eigenvalue weighted by Crippen LogP contribution is 2.41. The number of benzene rings is 1. The first kappa shape index (κ1) is 16.6. The Labute approximate surface area is 132 Å². The van der Waals surface area contributed by atoms with Gasteiger partial charge in [-0.1, -0.05) is 12.1 Å². The molecule has 1 aromatic rings. The molecule has 0 amide bonds. The van der Waals surface area contributed by atoms with Gasteiger partial charge in [0.2, 0.25) is 0 Å².